The van der Waals surface area contributed by atoms with Crippen LogP contribution in [-0.4, -0.2) is 70.2 Å². The van der Waals surface area contributed by atoms with E-state index in [1.165, 1.54) is 21.9 Å². The van der Waals surface area contributed by atoms with Gasteiger partial charge in [0.1, 0.15) is 16.5 Å². The summed E-state index contributed by atoms with van der Waals surface area (Å²) in [6.45, 7) is 5.19. The first-order valence-electron chi connectivity index (χ1n) is 11.7. The average Bonchev–Trinajstić information content (AvgIpc) is 3.33. The van der Waals surface area contributed by atoms with Crippen molar-refractivity contribution >= 4 is 22.2 Å². The predicted octanol–water partition coefficient (Wildman–Crippen LogP) is 2.86. The Hall–Kier alpha value is -3.76. The van der Waals surface area contributed by atoms with Crippen molar-refractivity contribution in [2.45, 2.75) is 13.5 Å². The summed E-state index contributed by atoms with van der Waals surface area (Å²) >= 11 is 1.38. The number of carbonyl (C=O) groups excluding carboxylic acids is 1. The zero-order chi connectivity index (χ0) is 25.1. The third-order valence-electron chi connectivity index (χ3n) is 6.10. The number of piperazine rings is 1. The molecular formula is C26H27N5O4S. The monoisotopic (exact) mass is 505 g/mol. The number of aryl methyl sites for hydroxylation is 1. The number of aromatic nitrogens is 3. The van der Waals surface area contributed by atoms with Gasteiger partial charge in [-0.1, -0.05) is 23.5 Å². The number of ether oxygens (including phenoxy) is 2. The van der Waals surface area contributed by atoms with Gasteiger partial charge in [-0.15, -0.1) is 0 Å². The lowest BCUT2D eigenvalue weighted by atomic mass is 10.2. The Labute approximate surface area is 212 Å². The van der Waals surface area contributed by atoms with Gasteiger partial charge in [0, 0.05) is 44.4 Å². The van der Waals surface area contributed by atoms with Crippen LogP contribution in [-0.2, 0) is 11.3 Å². The lowest BCUT2D eigenvalue weighted by Crippen LogP contribution is -2.49. The molecule has 10 heteroatoms. The molecule has 3 heterocycles. The molecule has 0 unspecified atom stereocenters. The third-order valence-corrected chi connectivity index (χ3v) is 7.05. The average molecular weight is 506 g/mol. The molecule has 2 aromatic heterocycles. The van der Waals surface area contributed by atoms with Crippen LogP contribution in [0.15, 0.2) is 59.4 Å². The molecule has 0 spiro atoms. The normalized spacial score (nSPS) is 14.2. The van der Waals surface area contributed by atoms with E-state index in [4.69, 9.17) is 9.47 Å². The van der Waals surface area contributed by atoms with Gasteiger partial charge in [0.2, 0.25) is 4.96 Å². The Morgan fingerprint density at radius 3 is 2.53 bits per heavy atom. The van der Waals surface area contributed by atoms with Gasteiger partial charge in [0.15, 0.2) is 6.61 Å². The number of benzene rings is 2. The molecule has 1 aliphatic heterocycles. The van der Waals surface area contributed by atoms with E-state index in [2.05, 4.69) is 15.0 Å². The maximum atomic E-state index is 12.7. The van der Waals surface area contributed by atoms with Gasteiger partial charge < -0.3 is 14.4 Å². The fraction of sp³-hybridized carbons (Fsp3) is 0.308. The molecule has 1 saturated heterocycles. The van der Waals surface area contributed by atoms with E-state index in [0.29, 0.717) is 49.1 Å². The summed E-state index contributed by atoms with van der Waals surface area (Å²) in [4.78, 5) is 34.6. The van der Waals surface area contributed by atoms with Crippen LogP contribution >= 0.6 is 11.3 Å². The van der Waals surface area contributed by atoms with Crippen LogP contribution in [0.3, 0.4) is 0 Å². The zero-order valence-electron chi connectivity index (χ0n) is 20.2. The Kier molecular flexibility index (Phi) is 6.97. The van der Waals surface area contributed by atoms with E-state index in [0.717, 1.165) is 21.9 Å². The topological polar surface area (TPSA) is 89.3 Å². The second-order valence-electron chi connectivity index (χ2n) is 8.68. The van der Waals surface area contributed by atoms with E-state index < -0.39 is 0 Å². The van der Waals surface area contributed by atoms with E-state index >= 15 is 0 Å². The second-order valence-corrected chi connectivity index (χ2v) is 9.63. The Balaban J connectivity index is 1.19. The molecule has 9 nitrogen and oxygen atoms in total. The predicted molar refractivity (Wildman–Crippen MR) is 138 cm³/mol. The number of nitrogens with zero attached hydrogens (tertiary/aromatic N) is 5. The number of methoxy groups -OCH3 is 1. The summed E-state index contributed by atoms with van der Waals surface area (Å²) in [5.74, 6) is 1.44. The molecule has 186 valence electrons. The van der Waals surface area contributed by atoms with Crippen molar-refractivity contribution in [3.63, 3.8) is 0 Å². The first kappa shape index (κ1) is 24.0. The molecule has 2 aromatic carbocycles. The van der Waals surface area contributed by atoms with E-state index in [1.807, 2.05) is 60.4 Å². The quantitative estimate of drug-likeness (QED) is 0.382. The maximum absolute atomic E-state index is 12.7. The van der Waals surface area contributed by atoms with E-state index in [1.54, 1.807) is 7.11 Å². The first-order valence-corrected chi connectivity index (χ1v) is 12.5. The standard InChI is InChI=1S/C26H27N5O4S/c1-18-4-3-5-22(14-18)35-17-24(33)30-12-10-29(11-13-30)16-20-15-23(32)31-26(27-20)36-25(28-31)19-6-8-21(34-2)9-7-19/h3-9,14-15H,10-13,16-17H2,1-2H3. The van der Waals surface area contributed by atoms with Gasteiger partial charge in [0.25, 0.3) is 11.5 Å². The molecule has 0 N–H and O–H groups in total. The minimum absolute atomic E-state index is 0.0235. The van der Waals surface area contributed by atoms with Gasteiger partial charge >= 0.3 is 0 Å². The summed E-state index contributed by atoms with van der Waals surface area (Å²) in [5, 5.41) is 5.17. The van der Waals surface area contributed by atoms with E-state index in [9.17, 15) is 9.59 Å². The van der Waals surface area contributed by atoms with Crippen LogP contribution < -0.4 is 15.0 Å². The van der Waals surface area contributed by atoms with Gasteiger partial charge in [-0.05, 0) is 48.9 Å². The van der Waals surface area contributed by atoms with Crippen molar-refractivity contribution in [3.8, 4) is 22.1 Å². The highest BCUT2D eigenvalue weighted by atomic mass is 32.1. The number of hydrogen-bond donors (Lipinski definition) is 0. The smallest absolute Gasteiger partial charge is 0.275 e. The molecule has 0 aliphatic carbocycles. The molecule has 36 heavy (non-hydrogen) atoms. The summed E-state index contributed by atoms with van der Waals surface area (Å²) in [7, 11) is 1.62. The summed E-state index contributed by atoms with van der Waals surface area (Å²) in [5.41, 5.74) is 2.50. The zero-order valence-corrected chi connectivity index (χ0v) is 21.0. The van der Waals surface area contributed by atoms with Crippen molar-refractivity contribution in [1.82, 2.24) is 24.4 Å². The SMILES string of the molecule is COc1ccc(-c2nn3c(=O)cc(CN4CCN(C(=O)COc5cccc(C)c5)CC4)nc3s2)cc1. The van der Waals surface area contributed by atoms with Crippen molar-refractivity contribution in [1.29, 1.82) is 0 Å². The first-order chi connectivity index (χ1) is 17.5. The molecular weight excluding hydrogens is 478 g/mol. The van der Waals surface area contributed by atoms with E-state index in [-0.39, 0.29) is 18.1 Å². The van der Waals surface area contributed by atoms with Gasteiger partial charge in [-0.3, -0.25) is 14.5 Å². The molecule has 0 saturated carbocycles. The fourth-order valence-electron chi connectivity index (χ4n) is 4.11. The van der Waals surface area contributed by atoms with Gasteiger partial charge in [0.05, 0.1) is 12.8 Å². The van der Waals surface area contributed by atoms with Crippen LogP contribution in [0.1, 0.15) is 11.3 Å². The van der Waals surface area contributed by atoms with Crippen molar-refractivity contribution < 1.29 is 14.3 Å². The van der Waals surface area contributed by atoms with Crippen LogP contribution in [0.5, 0.6) is 11.5 Å². The molecule has 1 fully saturated rings. The Bertz CT molecular complexity index is 1420. The minimum atomic E-state index is -0.201. The van der Waals surface area contributed by atoms with Crippen molar-refractivity contribution in [2.24, 2.45) is 0 Å². The number of hydrogen-bond acceptors (Lipinski definition) is 8. The van der Waals surface area contributed by atoms with Crippen molar-refractivity contribution in [2.75, 3.05) is 39.9 Å². The fourth-order valence-corrected chi connectivity index (χ4v) is 5.04. The molecule has 0 radical (unpaired) electrons. The third kappa shape index (κ3) is 5.39. The number of fused-ring (bicyclic) bond motifs is 1. The summed E-state index contributed by atoms with van der Waals surface area (Å²) in [6, 6.07) is 16.8. The minimum Gasteiger partial charge on any atom is -0.497 e. The lowest BCUT2D eigenvalue weighted by Gasteiger charge is -2.34. The maximum Gasteiger partial charge on any atom is 0.275 e. The molecule has 4 aromatic rings. The summed E-state index contributed by atoms with van der Waals surface area (Å²) in [6.07, 6.45) is 0. The highest BCUT2D eigenvalue weighted by molar-refractivity contribution is 7.19. The van der Waals surface area contributed by atoms with Gasteiger partial charge in [-0.25, -0.2) is 4.98 Å². The van der Waals surface area contributed by atoms with Crippen molar-refractivity contribution in [3.05, 3.63) is 76.2 Å². The second kappa shape index (κ2) is 10.5. The Morgan fingerprint density at radius 2 is 1.81 bits per heavy atom. The van der Waals surface area contributed by atoms with Crippen LogP contribution in [0, 0.1) is 6.92 Å². The molecule has 1 amide bonds. The van der Waals surface area contributed by atoms with Crippen LogP contribution in [0.2, 0.25) is 0 Å². The highest BCUT2D eigenvalue weighted by Gasteiger charge is 2.22. The highest BCUT2D eigenvalue weighted by Crippen LogP contribution is 2.26. The van der Waals surface area contributed by atoms with Crippen LogP contribution in [0.4, 0.5) is 0 Å². The van der Waals surface area contributed by atoms with Crippen LogP contribution in [0.25, 0.3) is 15.5 Å². The molecule has 1 aliphatic rings. The Morgan fingerprint density at radius 1 is 1.03 bits per heavy atom. The summed E-state index contributed by atoms with van der Waals surface area (Å²) < 4.78 is 12.2. The largest absolute Gasteiger partial charge is 0.497 e. The number of amides is 1. The van der Waals surface area contributed by atoms with Gasteiger partial charge in [-0.2, -0.15) is 9.61 Å². The number of carbonyl (C=O) groups is 1. The molecule has 5 rings (SSSR count). The number of rotatable bonds is 7. The molecule has 0 bridgehead atoms. The lowest BCUT2D eigenvalue weighted by molar-refractivity contribution is -0.135. The molecule has 0 atom stereocenters.